The molecule has 1 heterocycles. The molecule has 5 heteroatoms. The largest absolute Gasteiger partial charge is 0.393 e. The first-order valence-corrected chi connectivity index (χ1v) is 8.17. The quantitative estimate of drug-likeness (QED) is 0.786. The summed E-state index contributed by atoms with van der Waals surface area (Å²) >= 11 is 0. The van der Waals surface area contributed by atoms with E-state index in [0.717, 1.165) is 38.9 Å². The molecule has 21 heavy (non-hydrogen) atoms. The van der Waals surface area contributed by atoms with Crippen molar-refractivity contribution in [2.45, 2.75) is 52.2 Å². The smallest absolute Gasteiger partial charge is 0.317 e. The van der Waals surface area contributed by atoms with Crippen LogP contribution in [-0.2, 0) is 0 Å². The number of aliphatic hydroxyl groups excluding tert-OH is 1. The molecule has 0 spiro atoms. The molecule has 2 N–H and O–H groups in total. The lowest BCUT2D eigenvalue weighted by molar-refractivity contribution is 0.0789. The van der Waals surface area contributed by atoms with Gasteiger partial charge < -0.3 is 20.2 Å². The molecule has 1 aliphatic heterocycles. The number of urea groups is 1. The summed E-state index contributed by atoms with van der Waals surface area (Å²) in [5, 5.41) is 12.8. The highest BCUT2D eigenvalue weighted by atomic mass is 16.3. The van der Waals surface area contributed by atoms with Gasteiger partial charge in [0.2, 0.25) is 0 Å². The number of carbonyl (C=O) groups is 1. The summed E-state index contributed by atoms with van der Waals surface area (Å²) in [5.74, 6) is 0.901. The predicted molar refractivity (Wildman–Crippen MR) is 86.3 cm³/mol. The van der Waals surface area contributed by atoms with E-state index < -0.39 is 0 Å². The second-order valence-corrected chi connectivity index (χ2v) is 7.10. The van der Waals surface area contributed by atoms with Crippen molar-refractivity contribution in [1.29, 1.82) is 0 Å². The van der Waals surface area contributed by atoms with Gasteiger partial charge in [0.1, 0.15) is 0 Å². The van der Waals surface area contributed by atoms with Gasteiger partial charge in [0.05, 0.1) is 6.10 Å². The maximum absolute atomic E-state index is 12.4. The van der Waals surface area contributed by atoms with E-state index >= 15 is 0 Å². The van der Waals surface area contributed by atoms with E-state index in [9.17, 15) is 9.90 Å². The standard InChI is InChI=1S/C16H33N3O2/c1-12(2)10-15(11-18(4)5)17-16(21)19-8-6-14(7-9-19)13(3)20/h12-15,20H,6-11H2,1-5H3,(H,17,21). The summed E-state index contributed by atoms with van der Waals surface area (Å²) in [6, 6.07) is 0.244. The van der Waals surface area contributed by atoms with Crippen LogP contribution in [0.25, 0.3) is 0 Å². The van der Waals surface area contributed by atoms with Crippen LogP contribution in [0.15, 0.2) is 0 Å². The fourth-order valence-corrected chi connectivity index (χ4v) is 3.04. The van der Waals surface area contributed by atoms with Gasteiger partial charge in [0, 0.05) is 25.7 Å². The summed E-state index contributed by atoms with van der Waals surface area (Å²) in [6.45, 7) is 8.58. The first kappa shape index (κ1) is 18.2. The monoisotopic (exact) mass is 299 g/mol. The van der Waals surface area contributed by atoms with Gasteiger partial charge in [-0.3, -0.25) is 0 Å². The zero-order valence-electron chi connectivity index (χ0n) is 14.3. The van der Waals surface area contributed by atoms with Crippen LogP contribution in [0.2, 0.25) is 0 Å². The Morgan fingerprint density at radius 3 is 2.29 bits per heavy atom. The van der Waals surface area contributed by atoms with E-state index in [1.165, 1.54) is 0 Å². The van der Waals surface area contributed by atoms with E-state index in [-0.39, 0.29) is 18.2 Å². The molecule has 1 aliphatic rings. The van der Waals surface area contributed by atoms with Crippen molar-refractivity contribution in [3.63, 3.8) is 0 Å². The van der Waals surface area contributed by atoms with Crippen LogP contribution in [-0.4, -0.2) is 66.8 Å². The molecule has 5 nitrogen and oxygen atoms in total. The molecule has 2 amide bonds. The van der Waals surface area contributed by atoms with Gasteiger partial charge in [-0.1, -0.05) is 13.8 Å². The second kappa shape index (κ2) is 8.59. The van der Waals surface area contributed by atoms with Crippen molar-refractivity contribution in [1.82, 2.24) is 15.1 Å². The summed E-state index contributed by atoms with van der Waals surface area (Å²) < 4.78 is 0. The highest BCUT2D eigenvalue weighted by molar-refractivity contribution is 5.74. The number of amides is 2. The zero-order chi connectivity index (χ0) is 16.0. The molecule has 0 bridgehead atoms. The van der Waals surface area contributed by atoms with E-state index in [1.54, 1.807) is 0 Å². The third-order valence-electron chi connectivity index (χ3n) is 4.18. The predicted octanol–water partition coefficient (Wildman–Crippen LogP) is 1.77. The van der Waals surface area contributed by atoms with E-state index in [2.05, 4.69) is 24.1 Å². The minimum Gasteiger partial charge on any atom is -0.393 e. The molecule has 2 unspecified atom stereocenters. The molecular weight excluding hydrogens is 266 g/mol. The Morgan fingerprint density at radius 2 is 1.86 bits per heavy atom. The average Bonchev–Trinajstić information content (AvgIpc) is 2.37. The molecule has 0 aromatic carbocycles. The number of hydrogen-bond acceptors (Lipinski definition) is 3. The molecule has 1 saturated heterocycles. The highest BCUT2D eigenvalue weighted by Crippen LogP contribution is 2.20. The molecule has 0 saturated carbocycles. The molecule has 0 aliphatic carbocycles. The number of likely N-dealkylation sites (N-methyl/N-ethyl adjacent to an activating group) is 1. The van der Waals surface area contributed by atoms with Crippen LogP contribution in [0.5, 0.6) is 0 Å². The number of likely N-dealkylation sites (tertiary alicyclic amines) is 1. The Kier molecular flexibility index (Phi) is 7.46. The Balaban J connectivity index is 2.46. The Bertz CT molecular complexity index is 301. The maximum Gasteiger partial charge on any atom is 0.317 e. The van der Waals surface area contributed by atoms with Gasteiger partial charge in [-0.15, -0.1) is 0 Å². The average molecular weight is 299 g/mol. The topological polar surface area (TPSA) is 55.8 Å². The van der Waals surface area contributed by atoms with Gasteiger partial charge in [0.15, 0.2) is 0 Å². The number of hydrogen-bond donors (Lipinski definition) is 2. The van der Waals surface area contributed by atoms with Crippen LogP contribution < -0.4 is 5.32 Å². The lowest BCUT2D eigenvalue weighted by atomic mass is 9.92. The first-order chi connectivity index (χ1) is 9.79. The number of nitrogens with one attached hydrogen (secondary N) is 1. The van der Waals surface area contributed by atoms with Crippen LogP contribution in [0.3, 0.4) is 0 Å². The minimum atomic E-state index is -0.266. The van der Waals surface area contributed by atoms with Gasteiger partial charge in [-0.2, -0.15) is 0 Å². The van der Waals surface area contributed by atoms with E-state index in [4.69, 9.17) is 0 Å². The van der Waals surface area contributed by atoms with Crippen molar-refractivity contribution in [2.75, 3.05) is 33.7 Å². The van der Waals surface area contributed by atoms with Gasteiger partial charge in [-0.05, 0) is 52.1 Å². The number of rotatable bonds is 6. The lowest BCUT2D eigenvalue weighted by Gasteiger charge is -2.35. The summed E-state index contributed by atoms with van der Waals surface area (Å²) in [7, 11) is 4.07. The van der Waals surface area contributed by atoms with Crippen molar-refractivity contribution in [2.24, 2.45) is 11.8 Å². The molecule has 2 atom stereocenters. The highest BCUT2D eigenvalue weighted by Gasteiger charge is 2.26. The van der Waals surface area contributed by atoms with Crippen molar-refractivity contribution < 1.29 is 9.90 Å². The SMILES string of the molecule is CC(C)CC(CN(C)C)NC(=O)N1CCC(C(C)O)CC1. The third-order valence-corrected chi connectivity index (χ3v) is 4.18. The van der Waals surface area contributed by atoms with Gasteiger partial charge in [0.25, 0.3) is 0 Å². The molecule has 0 radical (unpaired) electrons. The van der Waals surface area contributed by atoms with E-state index in [1.807, 2.05) is 25.9 Å². The van der Waals surface area contributed by atoms with E-state index in [0.29, 0.717) is 11.8 Å². The molecule has 1 fully saturated rings. The van der Waals surface area contributed by atoms with Crippen LogP contribution in [0.4, 0.5) is 4.79 Å². The van der Waals surface area contributed by atoms with Gasteiger partial charge in [-0.25, -0.2) is 4.79 Å². The Morgan fingerprint density at radius 1 is 1.29 bits per heavy atom. The van der Waals surface area contributed by atoms with Crippen LogP contribution >= 0.6 is 0 Å². The molecular formula is C16H33N3O2. The summed E-state index contributed by atoms with van der Waals surface area (Å²) in [5.41, 5.74) is 0. The normalized spacial score (nSPS) is 19.9. The fraction of sp³-hybridized carbons (Fsp3) is 0.938. The third kappa shape index (κ3) is 6.66. The summed E-state index contributed by atoms with van der Waals surface area (Å²) in [4.78, 5) is 16.4. The molecule has 124 valence electrons. The number of carbonyl (C=O) groups excluding carboxylic acids is 1. The number of nitrogens with zero attached hydrogens (tertiary/aromatic N) is 2. The first-order valence-electron chi connectivity index (χ1n) is 8.17. The molecule has 0 aromatic rings. The van der Waals surface area contributed by atoms with Crippen LogP contribution in [0, 0.1) is 11.8 Å². The Labute approximate surface area is 129 Å². The lowest BCUT2D eigenvalue weighted by Crippen LogP contribution is -2.51. The minimum absolute atomic E-state index is 0.0477. The van der Waals surface area contributed by atoms with Gasteiger partial charge >= 0.3 is 6.03 Å². The Hall–Kier alpha value is -0.810. The number of piperidine rings is 1. The molecule has 0 aromatic heterocycles. The molecule has 1 rings (SSSR count). The number of aliphatic hydroxyl groups is 1. The zero-order valence-corrected chi connectivity index (χ0v) is 14.3. The maximum atomic E-state index is 12.4. The van der Waals surface area contributed by atoms with Crippen molar-refractivity contribution in [3.8, 4) is 0 Å². The van der Waals surface area contributed by atoms with Crippen molar-refractivity contribution >= 4 is 6.03 Å². The second-order valence-electron chi connectivity index (χ2n) is 7.10. The van der Waals surface area contributed by atoms with Crippen molar-refractivity contribution in [3.05, 3.63) is 0 Å². The fourth-order valence-electron chi connectivity index (χ4n) is 3.04. The summed E-state index contributed by atoms with van der Waals surface area (Å²) in [6.07, 6.45) is 2.52. The van der Waals surface area contributed by atoms with Crippen LogP contribution in [0.1, 0.15) is 40.0 Å².